The molecule has 0 aliphatic carbocycles. The molecule has 0 spiro atoms. The molecular formula is C18H25NO2. The largest absolute Gasteiger partial charge is 0.478 e. The summed E-state index contributed by atoms with van der Waals surface area (Å²) in [4.78, 5) is 11.4. The SMILES string of the molecule is CCCCn1cc(C)c2cc(C(=O)O)cc(C(C)(C)C)c21. The molecular weight excluding hydrogens is 262 g/mol. The van der Waals surface area contributed by atoms with E-state index < -0.39 is 5.97 Å². The van der Waals surface area contributed by atoms with Crippen molar-refractivity contribution in [2.45, 2.75) is 59.4 Å². The summed E-state index contributed by atoms with van der Waals surface area (Å²) in [6.45, 7) is 11.6. The van der Waals surface area contributed by atoms with E-state index in [1.165, 1.54) is 5.52 Å². The maximum atomic E-state index is 11.4. The Bertz CT molecular complexity index is 675. The Balaban J connectivity index is 2.78. The first-order chi connectivity index (χ1) is 9.75. The molecule has 0 aliphatic rings. The summed E-state index contributed by atoms with van der Waals surface area (Å²) in [5, 5.41) is 10.4. The molecule has 1 aromatic carbocycles. The third-order valence-corrected chi connectivity index (χ3v) is 3.98. The molecule has 0 atom stereocenters. The van der Waals surface area contributed by atoms with Crippen molar-refractivity contribution in [3.8, 4) is 0 Å². The summed E-state index contributed by atoms with van der Waals surface area (Å²) >= 11 is 0. The predicted molar refractivity (Wildman–Crippen MR) is 87.2 cm³/mol. The van der Waals surface area contributed by atoms with Crippen LogP contribution >= 0.6 is 0 Å². The molecule has 0 unspecified atom stereocenters. The first-order valence-electron chi connectivity index (χ1n) is 7.63. The first-order valence-corrected chi connectivity index (χ1v) is 7.63. The lowest BCUT2D eigenvalue weighted by Gasteiger charge is -2.22. The van der Waals surface area contributed by atoms with Gasteiger partial charge in [-0.25, -0.2) is 4.79 Å². The van der Waals surface area contributed by atoms with Crippen molar-refractivity contribution in [2.75, 3.05) is 0 Å². The van der Waals surface area contributed by atoms with E-state index in [0.29, 0.717) is 5.56 Å². The van der Waals surface area contributed by atoms with Gasteiger partial charge in [-0.05, 0) is 42.0 Å². The molecule has 1 heterocycles. The molecule has 114 valence electrons. The number of aromatic carboxylic acids is 1. The van der Waals surface area contributed by atoms with Crippen molar-refractivity contribution >= 4 is 16.9 Å². The van der Waals surface area contributed by atoms with Crippen LogP contribution < -0.4 is 0 Å². The number of nitrogens with zero attached hydrogens (tertiary/aromatic N) is 1. The lowest BCUT2D eigenvalue weighted by atomic mass is 9.84. The summed E-state index contributed by atoms with van der Waals surface area (Å²) in [5.41, 5.74) is 3.75. The summed E-state index contributed by atoms with van der Waals surface area (Å²) in [5.74, 6) is -0.858. The highest BCUT2D eigenvalue weighted by atomic mass is 16.4. The lowest BCUT2D eigenvalue weighted by molar-refractivity contribution is 0.0697. The van der Waals surface area contributed by atoms with Crippen molar-refractivity contribution < 1.29 is 9.90 Å². The minimum absolute atomic E-state index is 0.0849. The average Bonchev–Trinajstić information content (AvgIpc) is 2.71. The highest BCUT2D eigenvalue weighted by molar-refractivity contribution is 5.97. The van der Waals surface area contributed by atoms with Gasteiger partial charge in [0.2, 0.25) is 0 Å². The Morgan fingerprint density at radius 3 is 2.48 bits per heavy atom. The zero-order valence-electron chi connectivity index (χ0n) is 13.7. The number of aromatic nitrogens is 1. The van der Waals surface area contributed by atoms with Gasteiger partial charge in [-0.1, -0.05) is 34.1 Å². The fourth-order valence-corrected chi connectivity index (χ4v) is 2.81. The highest BCUT2D eigenvalue weighted by Gasteiger charge is 2.22. The van der Waals surface area contributed by atoms with Gasteiger partial charge in [-0.3, -0.25) is 0 Å². The zero-order valence-corrected chi connectivity index (χ0v) is 13.7. The van der Waals surface area contributed by atoms with Gasteiger partial charge in [0.15, 0.2) is 0 Å². The molecule has 21 heavy (non-hydrogen) atoms. The standard InChI is InChI=1S/C18H25NO2/c1-6-7-8-19-11-12(2)14-9-13(17(20)21)10-15(16(14)19)18(3,4)5/h9-11H,6-8H2,1-5H3,(H,20,21). The Labute approximate surface area is 126 Å². The van der Waals surface area contributed by atoms with Crippen LogP contribution in [-0.2, 0) is 12.0 Å². The van der Waals surface area contributed by atoms with Crippen molar-refractivity contribution in [3.05, 3.63) is 35.0 Å². The molecule has 0 saturated heterocycles. The van der Waals surface area contributed by atoms with E-state index >= 15 is 0 Å². The van der Waals surface area contributed by atoms with Gasteiger partial charge < -0.3 is 9.67 Å². The smallest absolute Gasteiger partial charge is 0.335 e. The number of aryl methyl sites for hydroxylation is 2. The van der Waals surface area contributed by atoms with Gasteiger partial charge in [0.05, 0.1) is 11.1 Å². The average molecular weight is 287 g/mol. The second-order valence-corrected chi connectivity index (χ2v) is 6.83. The van der Waals surface area contributed by atoms with Crippen LogP contribution in [0.3, 0.4) is 0 Å². The molecule has 0 bridgehead atoms. The summed E-state index contributed by atoms with van der Waals surface area (Å²) in [7, 11) is 0. The molecule has 0 saturated carbocycles. The normalized spacial score (nSPS) is 12.0. The van der Waals surface area contributed by atoms with E-state index in [0.717, 1.165) is 35.9 Å². The Kier molecular flexibility index (Phi) is 4.13. The highest BCUT2D eigenvalue weighted by Crippen LogP contribution is 2.34. The van der Waals surface area contributed by atoms with E-state index in [1.54, 1.807) is 0 Å². The molecule has 3 nitrogen and oxygen atoms in total. The quantitative estimate of drug-likeness (QED) is 0.882. The van der Waals surface area contributed by atoms with Gasteiger partial charge in [0, 0.05) is 18.1 Å². The van der Waals surface area contributed by atoms with Gasteiger partial charge in [0.1, 0.15) is 0 Å². The van der Waals surface area contributed by atoms with E-state index in [9.17, 15) is 9.90 Å². The minimum atomic E-state index is -0.858. The van der Waals surface area contributed by atoms with E-state index in [-0.39, 0.29) is 5.41 Å². The van der Waals surface area contributed by atoms with Crippen LogP contribution in [-0.4, -0.2) is 15.6 Å². The van der Waals surface area contributed by atoms with Crippen LogP contribution in [0.4, 0.5) is 0 Å². The van der Waals surface area contributed by atoms with Crippen LogP contribution in [0.5, 0.6) is 0 Å². The Hall–Kier alpha value is -1.77. The van der Waals surface area contributed by atoms with Crippen LogP contribution in [0.15, 0.2) is 18.3 Å². The summed E-state index contributed by atoms with van der Waals surface area (Å²) in [6.07, 6.45) is 4.44. The van der Waals surface area contributed by atoms with Crippen molar-refractivity contribution in [1.29, 1.82) is 0 Å². The van der Waals surface area contributed by atoms with Crippen molar-refractivity contribution in [2.24, 2.45) is 0 Å². The molecule has 0 fully saturated rings. The van der Waals surface area contributed by atoms with Crippen LogP contribution in [0.2, 0.25) is 0 Å². The number of hydrogen-bond acceptors (Lipinski definition) is 1. The fraction of sp³-hybridized carbons (Fsp3) is 0.500. The van der Waals surface area contributed by atoms with Gasteiger partial charge in [-0.15, -0.1) is 0 Å². The monoisotopic (exact) mass is 287 g/mol. The number of hydrogen-bond donors (Lipinski definition) is 1. The zero-order chi connectivity index (χ0) is 15.8. The molecule has 0 aliphatic heterocycles. The third-order valence-electron chi connectivity index (χ3n) is 3.98. The number of carboxylic acids is 1. The predicted octanol–water partition coefficient (Wildman–Crippen LogP) is 4.75. The second-order valence-electron chi connectivity index (χ2n) is 6.83. The molecule has 0 amide bonds. The number of carbonyl (C=O) groups is 1. The number of carboxylic acid groups (broad SMARTS) is 1. The van der Waals surface area contributed by atoms with Crippen molar-refractivity contribution in [3.63, 3.8) is 0 Å². The third kappa shape index (κ3) is 2.97. The maximum absolute atomic E-state index is 11.4. The van der Waals surface area contributed by atoms with Gasteiger partial charge in [-0.2, -0.15) is 0 Å². The van der Waals surface area contributed by atoms with Crippen molar-refractivity contribution in [1.82, 2.24) is 4.57 Å². The van der Waals surface area contributed by atoms with Gasteiger partial charge in [0.25, 0.3) is 0 Å². The Morgan fingerprint density at radius 1 is 1.29 bits per heavy atom. The fourth-order valence-electron chi connectivity index (χ4n) is 2.81. The number of unbranched alkanes of at least 4 members (excludes halogenated alkanes) is 1. The maximum Gasteiger partial charge on any atom is 0.335 e. The van der Waals surface area contributed by atoms with E-state index in [2.05, 4.69) is 45.4 Å². The minimum Gasteiger partial charge on any atom is -0.478 e. The summed E-state index contributed by atoms with van der Waals surface area (Å²) < 4.78 is 2.29. The molecule has 2 aromatic rings. The Morgan fingerprint density at radius 2 is 1.95 bits per heavy atom. The van der Waals surface area contributed by atoms with Crippen LogP contribution in [0, 0.1) is 6.92 Å². The second kappa shape index (κ2) is 5.55. The molecule has 1 aromatic heterocycles. The van der Waals surface area contributed by atoms with Gasteiger partial charge >= 0.3 is 5.97 Å². The molecule has 3 heteroatoms. The molecule has 1 N–H and O–H groups in total. The van der Waals surface area contributed by atoms with Crippen LogP contribution in [0.1, 0.15) is 62.0 Å². The molecule has 2 rings (SSSR count). The summed E-state index contributed by atoms with van der Waals surface area (Å²) in [6, 6.07) is 3.65. The number of fused-ring (bicyclic) bond motifs is 1. The topological polar surface area (TPSA) is 42.2 Å². The van der Waals surface area contributed by atoms with E-state index in [4.69, 9.17) is 0 Å². The van der Waals surface area contributed by atoms with Crippen LogP contribution in [0.25, 0.3) is 10.9 Å². The number of benzene rings is 1. The van der Waals surface area contributed by atoms with E-state index in [1.807, 2.05) is 12.1 Å². The lowest BCUT2D eigenvalue weighted by Crippen LogP contribution is -2.15. The molecule has 0 radical (unpaired) electrons. The first kappa shape index (κ1) is 15.6. The number of rotatable bonds is 4.